The molecule has 3 nitrogen and oxygen atoms in total. The Hall–Kier alpha value is -0.310. The van der Waals surface area contributed by atoms with Gasteiger partial charge in [0.25, 0.3) is 5.00 Å². The van der Waals surface area contributed by atoms with Gasteiger partial charge in [-0.15, -0.1) is 0 Å². The Morgan fingerprint density at radius 3 is 2.14 bits per heavy atom. The van der Waals surface area contributed by atoms with Crippen LogP contribution in [0.1, 0.15) is 12.8 Å². The summed E-state index contributed by atoms with van der Waals surface area (Å²) in [5.74, 6) is 0. The molecule has 1 fully saturated rings. The van der Waals surface area contributed by atoms with Gasteiger partial charge in [-0.25, -0.2) is 0 Å². The van der Waals surface area contributed by atoms with Crippen molar-refractivity contribution in [2.45, 2.75) is 17.8 Å². The second kappa shape index (κ2) is 1.10. The maximum Gasteiger partial charge on any atom is 0.295 e. The molecule has 4 heteroatoms. The zero-order valence-electron chi connectivity index (χ0n) is 3.56. The molecule has 1 saturated carbocycles. The Bertz CT molecular complexity index is 110. The fourth-order valence-electron chi connectivity index (χ4n) is 0.286. The molecule has 0 aromatic carbocycles. The quantitative estimate of drug-likeness (QED) is 0.225. The molecule has 0 atom stereocenters. The number of nitro groups is 1. The number of hydrogen-bond acceptors (Lipinski definition) is 2. The van der Waals surface area contributed by atoms with Gasteiger partial charge < -0.3 is 0 Å². The molecule has 0 aromatic rings. The second-order valence-electron chi connectivity index (χ2n) is 1.68. The second-order valence-corrected chi connectivity index (χ2v) is 2.38. The summed E-state index contributed by atoms with van der Waals surface area (Å²) in [6.45, 7) is 0. The van der Waals surface area contributed by atoms with E-state index in [2.05, 4.69) is 0 Å². The van der Waals surface area contributed by atoms with Crippen molar-refractivity contribution in [1.82, 2.24) is 0 Å². The van der Waals surface area contributed by atoms with Gasteiger partial charge in [0.05, 0.1) is 0 Å². The normalized spacial score (nSPS) is 24.1. The summed E-state index contributed by atoms with van der Waals surface area (Å²) in [5, 5.41) is 9.76. The standard InChI is InChI=1S/C3H4ClNO2/c4-3(1-2-3)5(6)7/h1-2H2. The Balaban J connectivity index is 2.55. The van der Waals surface area contributed by atoms with Crippen molar-refractivity contribution in [3.05, 3.63) is 10.1 Å². The molecular weight excluding hydrogens is 117 g/mol. The Morgan fingerprint density at radius 2 is 2.14 bits per heavy atom. The minimum absolute atomic E-state index is 0.436. The van der Waals surface area contributed by atoms with Crippen molar-refractivity contribution < 1.29 is 4.92 Å². The molecule has 1 rings (SSSR count). The highest BCUT2D eigenvalue weighted by Crippen LogP contribution is 2.42. The maximum absolute atomic E-state index is 9.76. The zero-order valence-corrected chi connectivity index (χ0v) is 4.31. The molecule has 0 N–H and O–H groups in total. The zero-order chi connectivity index (χ0) is 5.49. The molecule has 0 amide bonds. The molecule has 0 radical (unpaired) electrons. The molecule has 40 valence electrons. The van der Waals surface area contributed by atoms with Gasteiger partial charge in [-0.1, -0.05) is 0 Å². The van der Waals surface area contributed by atoms with Gasteiger partial charge in [0.2, 0.25) is 0 Å². The summed E-state index contributed by atoms with van der Waals surface area (Å²) in [6, 6.07) is 0. The van der Waals surface area contributed by atoms with Gasteiger partial charge in [-0.2, -0.15) is 0 Å². The summed E-state index contributed by atoms with van der Waals surface area (Å²) in [6.07, 6.45) is 1.06. The number of halogens is 1. The minimum Gasteiger partial charge on any atom is -0.263 e. The first-order chi connectivity index (χ1) is 3.15. The highest BCUT2D eigenvalue weighted by Gasteiger charge is 2.54. The number of nitrogens with zero attached hydrogens (tertiary/aromatic N) is 1. The van der Waals surface area contributed by atoms with E-state index in [1.54, 1.807) is 0 Å². The summed E-state index contributed by atoms with van der Waals surface area (Å²) >= 11 is 5.28. The van der Waals surface area contributed by atoms with Crippen LogP contribution < -0.4 is 0 Å². The van der Waals surface area contributed by atoms with E-state index >= 15 is 0 Å². The molecule has 0 unspecified atom stereocenters. The first-order valence-electron chi connectivity index (χ1n) is 1.98. The first kappa shape index (κ1) is 4.84. The summed E-state index contributed by atoms with van der Waals surface area (Å²) < 4.78 is 0. The average Bonchev–Trinajstić information content (AvgIpc) is 2.21. The van der Waals surface area contributed by atoms with Crippen molar-refractivity contribution in [3.63, 3.8) is 0 Å². The lowest BCUT2D eigenvalue weighted by atomic mass is 10.8. The van der Waals surface area contributed by atoms with Crippen LogP contribution in [0.15, 0.2) is 0 Å². The van der Waals surface area contributed by atoms with Crippen molar-refractivity contribution >= 4 is 11.6 Å². The monoisotopic (exact) mass is 121 g/mol. The van der Waals surface area contributed by atoms with E-state index in [0.717, 1.165) is 0 Å². The summed E-state index contributed by atoms with van der Waals surface area (Å²) in [5.41, 5.74) is 0. The third kappa shape index (κ3) is 0.678. The first-order valence-corrected chi connectivity index (χ1v) is 2.36. The highest BCUT2D eigenvalue weighted by molar-refractivity contribution is 6.24. The average molecular weight is 122 g/mol. The van der Waals surface area contributed by atoms with Crippen LogP contribution in [-0.2, 0) is 0 Å². The van der Waals surface area contributed by atoms with E-state index in [9.17, 15) is 10.1 Å². The van der Waals surface area contributed by atoms with Gasteiger partial charge in [0.1, 0.15) is 0 Å². The smallest absolute Gasteiger partial charge is 0.263 e. The Kier molecular flexibility index (Phi) is 0.757. The molecule has 0 saturated heterocycles. The molecule has 0 spiro atoms. The van der Waals surface area contributed by atoms with Crippen molar-refractivity contribution in [1.29, 1.82) is 0 Å². The van der Waals surface area contributed by atoms with Crippen LogP contribution in [0.5, 0.6) is 0 Å². The van der Waals surface area contributed by atoms with Gasteiger partial charge in [0.15, 0.2) is 0 Å². The highest BCUT2D eigenvalue weighted by atomic mass is 35.5. The number of hydrogen-bond donors (Lipinski definition) is 0. The third-order valence-electron chi connectivity index (χ3n) is 0.990. The lowest BCUT2D eigenvalue weighted by Gasteiger charge is -1.90. The van der Waals surface area contributed by atoms with Crippen LogP contribution in [0.4, 0.5) is 0 Å². The fraction of sp³-hybridized carbons (Fsp3) is 1.00. The Labute approximate surface area is 45.4 Å². The lowest BCUT2D eigenvalue weighted by Crippen LogP contribution is -2.11. The SMILES string of the molecule is O=[N+]([O-])C1(Cl)CC1. The van der Waals surface area contributed by atoms with Crippen molar-refractivity contribution in [3.8, 4) is 0 Å². The molecular formula is C3H4ClNO2. The number of rotatable bonds is 1. The van der Waals surface area contributed by atoms with E-state index in [4.69, 9.17) is 11.6 Å². The topological polar surface area (TPSA) is 43.1 Å². The molecule has 1 aliphatic rings. The van der Waals surface area contributed by atoms with Crippen LogP contribution in [0.3, 0.4) is 0 Å². The van der Waals surface area contributed by atoms with Crippen molar-refractivity contribution in [2.75, 3.05) is 0 Å². The minimum atomic E-state index is -1.06. The molecule has 1 aliphatic carbocycles. The van der Waals surface area contributed by atoms with Crippen LogP contribution in [0.25, 0.3) is 0 Å². The maximum atomic E-state index is 9.76. The van der Waals surface area contributed by atoms with E-state index in [1.807, 2.05) is 0 Å². The van der Waals surface area contributed by atoms with E-state index in [0.29, 0.717) is 12.8 Å². The van der Waals surface area contributed by atoms with E-state index < -0.39 is 9.92 Å². The fourth-order valence-corrected chi connectivity index (χ4v) is 0.380. The lowest BCUT2D eigenvalue weighted by molar-refractivity contribution is -0.512. The molecule has 7 heavy (non-hydrogen) atoms. The van der Waals surface area contributed by atoms with Crippen LogP contribution in [0.2, 0.25) is 0 Å². The summed E-state index contributed by atoms with van der Waals surface area (Å²) in [4.78, 5) is 8.27. The molecule has 0 aliphatic heterocycles. The van der Waals surface area contributed by atoms with E-state index in [1.165, 1.54) is 0 Å². The van der Waals surface area contributed by atoms with Gasteiger partial charge in [-0.3, -0.25) is 10.1 Å². The van der Waals surface area contributed by atoms with Crippen molar-refractivity contribution in [2.24, 2.45) is 0 Å². The number of alkyl halides is 1. The van der Waals surface area contributed by atoms with Crippen LogP contribution >= 0.6 is 11.6 Å². The van der Waals surface area contributed by atoms with E-state index in [-0.39, 0.29) is 0 Å². The molecule has 0 bridgehead atoms. The van der Waals surface area contributed by atoms with Crippen LogP contribution in [0, 0.1) is 10.1 Å². The van der Waals surface area contributed by atoms with Gasteiger partial charge in [0, 0.05) is 17.8 Å². The third-order valence-corrected chi connectivity index (χ3v) is 1.51. The largest absolute Gasteiger partial charge is 0.295 e. The van der Waals surface area contributed by atoms with Crippen LogP contribution in [-0.4, -0.2) is 9.92 Å². The Morgan fingerprint density at radius 1 is 1.71 bits per heavy atom. The van der Waals surface area contributed by atoms with Gasteiger partial charge >= 0.3 is 0 Å². The molecule has 0 aromatic heterocycles. The predicted molar refractivity (Wildman–Crippen MR) is 24.8 cm³/mol. The predicted octanol–water partition coefficient (Wildman–Crippen LogP) is 0.992. The van der Waals surface area contributed by atoms with Gasteiger partial charge in [-0.05, 0) is 11.6 Å². The molecule has 0 heterocycles. The summed E-state index contributed by atoms with van der Waals surface area (Å²) in [7, 11) is 0.